The molecule has 4 aromatic carbocycles. The van der Waals surface area contributed by atoms with Gasteiger partial charge in [-0.25, -0.2) is 14.4 Å². The number of fused-ring (bicyclic) bond motifs is 3. The van der Waals surface area contributed by atoms with E-state index < -0.39 is 181 Å². The molecule has 17 atom stereocenters. The number of primary amides is 2. The van der Waals surface area contributed by atoms with Gasteiger partial charge in [-0.15, -0.1) is 0 Å². The third-order valence-corrected chi connectivity index (χ3v) is 22.5. The highest BCUT2D eigenvalue weighted by Crippen LogP contribution is 2.45. The van der Waals surface area contributed by atoms with Crippen LogP contribution in [0.4, 0.5) is 20.1 Å². The summed E-state index contributed by atoms with van der Waals surface area (Å²) in [5.74, 6) is -8.44. The van der Waals surface area contributed by atoms with Crippen molar-refractivity contribution in [2.45, 2.75) is 231 Å². The molecule has 648 valence electrons. The number of amides is 13. The molecule has 0 spiro atoms. The number of hydrogen-bond acceptors (Lipinski definition) is 20. The van der Waals surface area contributed by atoms with Crippen molar-refractivity contribution < 1.29 is 96.5 Å². The Hall–Kier alpha value is -10.3. The Labute approximate surface area is 690 Å². The van der Waals surface area contributed by atoms with Crippen LogP contribution in [0.5, 0.6) is 0 Å². The van der Waals surface area contributed by atoms with E-state index in [1.54, 1.807) is 91.6 Å². The lowest BCUT2D eigenvalue weighted by Crippen LogP contribution is -2.60. The first-order valence-corrected chi connectivity index (χ1v) is 40.6. The van der Waals surface area contributed by atoms with Gasteiger partial charge in [0.25, 0.3) is 0 Å². The van der Waals surface area contributed by atoms with E-state index in [2.05, 4.69) is 42.5 Å². The number of aliphatic hydroxyl groups is 3. The first-order chi connectivity index (χ1) is 56.0. The summed E-state index contributed by atoms with van der Waals surface area (Å²) in [6, 6.07) is 21.6. The third-order valence-electron chi connectivity index (χ3n) is 22.5. The minimum absolute atomic E-state index is 0.0125. The Balaban J connectivity index is 0.965. The zero-order valence-electron chi connectivity index (χ0n) is 70.1. The van der Waals surface area contributed by atoms with Crippen LogP contribution < -0.4 is 54.0 Å². The molecule has 2 saturated heterocycles. The molecule has 0 saturated carbocycles. The highest BCUT2D eigenvalue weighted by Gasteiger charge is 2.46. The molecule has 13 amide bonds. The van der Waals surface area contributed by atoms with Crippen molar-refractivity contribution in [1.29, 1.82) is 0 Å². The normalized spacial score (nSPS) is 19.4. The van der Waals surface area contributed by atoms with E-state index >= 15 is 0 Å². The summed E-state index contributed by atoms with van der Waals surface area (Å²) in [4.78, 5) is 170. The monoisotopic (exact) mass is 1650 g/mol. The molecule has 7 rings (SSSR count). The summed E-state index contributed by atoms with van der Waals surface area (Å²) in [5, 5.41) is 53.7. The van der Waals surface area contributed by atoms with Gasteiger partial charge in [-0.1, -0.05) is 160 Å². The van der Waals surface area contributed by atoms with Crippen LogP contribution in [-0.2, 0) is 73.4 Å². The lowest BCUT2D eigenvalue weighted by atomic mass is 9.89. The van der Waals surface area contributed by atoms with Crippen molar-refractivity contribution >= 4 is 77.1 Å². The fourth-order valence-corrected chi connectivity index (χ4v) is 15.7. The number of nitrogens with two attached hydrogens (primary N) is 2. The summed E-state index contributed by atoms with van der Waals surface area (Å²) in [5.41, 5.74) is 15.8. The lowest BCUT2D eigenvalue weighted by Gasteiger charge is -2.41. The molecule has 0 unspecified atom stereocenters. The number of likely N-dealkylation sites (tertiary alicyclic amines) is 1. The van der Waals surface area contributed by atoms with Gasteiger partial charge in [0.2, 0.25) is 53.2 Å². The highest BCUT2D eigenvalue weighted by molar-refractivity contribution is 5.99. The second kappa shape index (κ2) is 45.0. The predicted octanol–water partition coefficient (Wildman–Crippen LogP) is 4.76. The quantitative estimate of drug-likeness (QED) is 0.0266. The number of likely N-dealkylation sites (N-methyl/N-ethyl adjacent to an activating group) is 2. The smallest absolute Gasteiger partial charge is 0.410 e. The molecule has 3 aliphatic rings. The van der Waals surface area contributed by atoms with Crippen LogP contribution in [0.2, 0.25) is 0 Å². The molecule has 0 radical (unpaired) electrons. The predicted molar refractivity (Wildman–Crippen MR) is 438 cm³/mol. The number of carbonyl (C=O) groups is 12. The second-order valence-corrected chi connectivity index (χ2v) is 32.0. The van der Waals surface area contributed by atoms with Crippen LogP contribution in [-0.4, -0.2) is 241 Å². The first-order valence-electron chi connectivity index (χ1n) is 40.6. The van der Waals surface area contributed by atoms with Crippen LogP contribution in [0.1, 0.15) is 161 Å². The summed E-state index contributed by atoms with van der Waals surface area (Å²) in [6.45, 7) is 17.4. The standard InChI is InChI=1S/C85H123N13O20/c1-15-49(8)72(63(114-13)42-68(101)98-40-24-32-62(98)76(115-14)50(9)77(105)90-51(10)73(102)53-25-17-16-18-26-53)96(11)82(110)70(47(4)5)95-81(109)71(48(6)7)97(12)85(113)117-44-52-33-35-54(36-34-52)91-78(106)60(31-23-39-88-83(87)111)92-80(108)69(46(2)3)94-79(107)61(37-38-67(100)89-43-65-75(104)74(103)64(118-65)41-66(86)99)93-84(112)116-45-59-57-29-21-19-27-55(57)56-28-20-22-30-58(56)59/h16-22,25-30,33-36,46-51,59-65,69-76,102-104H,15,23-24,31-32,37-45H2,1-14H3,(H2,86,99)(H,89,100)(H,90,105)(H,91,106)(H,92,108)(H,93,112)(H,94,107)(H,95,109)(H3,87,88,111)/t49-,50+,51+,60-,61-,62-,63+,64+,65-,69-,70-,71-,72-,73+,74+,75-,76+/m0/s1. The first kappa shape index (κ1) is 94.8. The molecule has 15 N–H and O–H groups in total. The molecule has 2 aliphatic heterocycles. The van der Waals surface area contributed by atoms with Crippen LogP contribution in [0, 0.1) is 29.6 Å². The lowest BCUT2D eigenvalue weighted by molar-refractivity contribution is -0.148. The van der Waals surface area contributed by atoms with Crippen molar-refractivity contribution in [2.24, 2.45) is 41.1 Å². The minimum Gasteiger partial charge on any atom is -0.449 e. The molecule has 0 aromatic heterocycles. The SMILES string of the molecule is CC[C@H](C)[C@@H]([C@@H](CC(=O)N1CCC[C@H]1[C@H](OC)[C@@H](C)C(=O)N[C@H](C)[C@@H](O)c1ccccc1)OC)N(C)C(=O)[C@@H](NC(=O)[C@H](C(C)C)N(C)C(=O)OCc1ccc(NC(=O)[C@H](CCCNC(N)=O)NC(=O)[C@@H](NC(=O)[C@H](CCC(=O)NC[C@@H]2O[C@H](CC(N)=O)[C@@H](O)[C@H]2O)NC(=O)OCC2c3ccccc3-c3ccccc32)C(C)C)cc1)C(C)C. The number of benzene rings is 4. The Bertz CT molecular complexity index is 4020. The van der Waals surface area contributed by atoms with Gasteiger partial charge in [0.15, 0.2) is 0 Å². The van der Waals surface area contributed by atoms with Gasteiger partial charge >= 0.3 is 18.2 Å². The Morgan fingerprint density at radius 1 is 0.636 bits per heavy atom. The number of alkyl carbamates (subject to hydrolysis) is 1. The van der Waals surface area contributed by atoms with E-state index in [1.807, 2.05) is 80.6 Å². The van der Waals surface area contributed by atoms with E-state index in [0.717, 1.165) is 27.2 Å². The Morgan fingerprint density at radius 2 is 1.24 bits per heavy atom. The molecule has 0 bridgehead atoms. The largest absolute Gasteiger partial charge is 0.449 e. The number of ether oxygens (including phenoxy) is 5. The van der Waals surface area contributed by atoms with Gasteiger partial charge in [-0.05, 0) is 108 Å². The van der Waals surface area contributed by atoms with Crippen LogP contribution in [0.3, 0.4) is 0 Å². The third kappa shape index (κ3) is 25.6. The average Bonchev–Trinajstić information content (AvgIpc) is 1.62. The van der Waals surface area contributed by atoms with E-state index in [9.17, 15) is 72.9 Å². The van der Waals surface area contributed by atoms with Gasteiger partial charge in [0.05, 0.1) is 61.3 Å². The van der Waals surface area contributed by atoms with Gasteiger partial charge in [-0.2, -0.15) is 0 Å². The molecule has 1 aliphatic carbocycles. The number of anilines is 1. The average molecular weight is 1650 g/mol. The number of carbonyl (C=O) groups excluding carboxylic acids is 12. The fraction of sp³-hybridized carbons (Fsp3) is 0.576. The van der Waals surface area contributed by atoms with E-state index in [1.165, 1.54) is 38.3 Å². The van der Waals surface area contributed by atoms with Crippen LogP contribution in [0.25, 0.3) is 11.1 Å². The summed E-state index contributed by atoms with van der Waals surface area (Å²) < 4.78 is 29.2. The van der Waals surface area contributed by atoms with E-state index in [-0.39, 0.29) is 87.7 Å². The minimum atomic E-state index is -1.51. The molecule has 118 heavy (non-hydrogen) atoms. The van der Waals surface area contributed by atoms with Gasteiger partial charge < -0.3 is 103 Å². The molecule has 33 heteroatoms. The number of aliphatic hydroxyl groups excluding tert-OH is 3. The zero-order chi connectivity index (χ0) is 86.9. The number of rotatable bonds is 43. The van der Waals surface area contributed by atoms with Crippen molar-refractivity contribution in [1.82, 2.24) is 51.9 Å². The number of nitrogens with one attached hydrogen (secondary N) is 8. The number of hydrogen-bond donors (Lipinski definition) is 13. The van der Waals surface area contributed by atoms with Crippen molar-refractivity contribution in [3.05, 3.63) is 125 Å². The topological polar surface area (TPSA) is 470 Å². The molecule has 2 heterocycles. The van der Waals surface area contributed by atoms with Crippen molar-refractivity contribution in [3.8, 4) is 11.1 Å². The summed E-state index contributed by atoms with van der Waals surface area (Å²) >= 11 is 0. The maximum absolute atomic E-state index is 14.9. The Morgan fingerprint density at radius 3 is 1.82 bits per heavy atom. The van der Waals surface area contributed by atoms with Crippen LogP contribution in [0.15, 0.2) is 103 Å². The number of urea groups is 1. The highest BCUT2D eigenvalue weighted by atomic mass is 16.6. The maximum Gasteiger partial charge on any atom is 0.410 e. The number of methoxy groups -OCH3 is 2. The summed E-state index contributed by atoms with van der Waals surface area (Å²) in [6.07, 6.45) is -8.89. The van der Waals surface area contributed by atoms with Gasteiger partial charge in [0, 0.05) is 66.0 Å². The molecular formula is C85H123N13O20. The molecule has 4 aromatic rings. The molecule has 2 fully saturated rings. The van der Waals surface area contributed by atoms with Gasteiger partial charge in [-0.3, -0.25) is 48.1 Å². The van der Waals surface area contributed by atoms with E-state index in [0.29, 0.717) is 36.9 Å². The van der Waals surface area contributed by atoms with Crippen molar-refractivity contribution in [2.75, 3.05) is 59.9 Å². The molecular weight excluding hydrogens is 1520 g/mol. The fourth-order valence-electron chi connectivity index (χ4n) is 15.7. The maximum atomic E-state index is 14.9. The molecule has 33 nitrogen and oxygen atoms in total. The Kier molecular flexibility index (Phi) is 36.2. The number of nitrogens with zero attached hydrogens (tertiary/aromatic N) is 3. The summed E-state index contributed by atoms with van der Waals surface area (Å²) in [7, 11) is 6.02. The van der Waals surface area contributed by atoms with E-state index in [4.69, 9.17) is 35.2 Å². The zero-order valence-corrected chi connectivity index (χ0v) is 70.1. The van der Waals surface area contributed by atoms with Gasteiger partial charge in [0.1, 0.15) is 61.7 Å². The van der Waals surface area contributed by atoms with Crippen molar-refractivity contribution in [3.63, 3.8) is 0 Å². The second-order valence-electron chi connectivity index (χ2n) is 32.0. The van der Waals surface area contributed by atoms with Crippen LogP contribution >= 0.6 is 0 Å².